The predicted molar refractivity (Wildman–Crippen MR) is 84.3 cm³/mol. The molecule has 1 fully saturated rings. The van der Waals surface area contributed by atoms with Crippen molar-refractivity contribution >= 4 is 17.5 Å². The Bertz CT molecular complexity index is 712. The van der Waals surface area contributed by atoms with Gasteiger partial charge in [-0.15, -0.1) is 0 Å². The molecule has 0 radical (unpaired) electrons. The topological polar surface area (TPSA) is 80.1 Å². The highest BCUT2D eigenvalue weighted by Crippen LogP contribution is 2.35. The zero-order valence-corrected chi connectivity index (χ0v) is 13.1. The Labute approximate surface area is 134 Å². The van der Waals surface area contributed by atoms with E-state index < -0.39 is 0 Å². The average Bonchev–Trinajstić information content (AvgIpc) is 2.96. The third-order valence-corrected chi connectivity index (χ3v) is 4.25. The molecule has 2 aromatic heterocycles. The van der Waals surface area contributed by atoms with Crippen molar-refractivity contribution < 1.29 is 9.59 Å². The number of hydrogen-bond donors (Lipinski definition) is 1. The Morgan fingerprint density at radius 2 is 2.17 bits per heavy atom. The number of imidazole rings is 1. The van der Waals surface area contributed by atoms with E-state index in [0.717, 1.165) is 0 Å². The number of aryl methyl sites for hydroxylation is 1. The van der Waals surface area contributed by atoms with Crippen LogP contribution in [-0.4, -0.2) is 38.3 Å². The standard InChI is InChI=1S/C16H19N5O2/c1-20-9-8-18-15(20)14-12(5-6-13(22)21(14)2)16(23)19-11-4-3-7-17-10-11/h3-4,7-10,12,14H,5-6H2,1-2H3,(H,19,23)/t12-,14-/m0/s1. The van der Waals surface area contributed by atoms with Crippen LogP contribution < -0.4 is 5.32 Å². The smallest absolute Gasteiger partial charge is 0.230 e. The second kappa shape index (κ2) is 6.20. The molecule has 0 unspecified atom stereocenters. The van der Waals surface area contributed by atoms with E-state index in [1.807, 2.05) is 17.8 Å². The lowest BCUT2D eigenvalue weighted by Crippen LogP contribution is -2.45. The quantitative estimate of drug-likeness (QED) is 0.928. The van der Waals surface area contributed by atoms with Crippen LogP contribution in [0.25, 0.3) is 0 Å². The molecule has 0 spiro atoms. The van der Waals surface area contributed by atoms with E-state index >= 15 is 0 Å². The molecule has 3 rings (SSSR count). The number of amides is 2. The highest BCUT2D eigenvalue weighted by Gasteiger charge is 2.40. The molecule has 1 saturated heterocycles. The number of nitrogens with one attached hydrogen (secondary N) is 1. The maximum atomic E-state index is 12.7. The first-order chi connectivity index (χ1) is 11.1. The van der Waals surface area contributed by atoms with E-state index in [4.69, 9.17) is 0 Å². The van der Waals surface area contributed by atoms with E-state index in [2.05, 4.69) is 15.3 Å². The number of piperidine rings is 1. The largest absolute Gasteiger partial charge is 0.336 e. The fourth-order valence-corrected chi connectivity index (χ4v) is 3.00. The SMILES string of the molecule is CN1C(=O)CC[C@H](C(=O)Nc2cccnc2)[C@H]1c1nccn1C. The molecular weight excluding hydrogens is 294 g/mol. The first-order valence-corrected chi connectivity index (χ1v) is 7.51. The van der Waals surface area contributed by atoms with Crippen molar-refractivity contribution in [3.8, 4) is 0 Å². The van der Waals surface area contributed by atoms with Gasteiger partial charge in [0.1, 0.15) is 11.9 Å². The van der Waals surface area contributed by atoms with Crippen LogP contribution in [0.4, 0.5) is 5.69 Å². The fourth-order valence-electron chi connectivity index (χ4n) is 3.00. The third kappa shape index (κ3) is 2.94. The summed E-state index contributed by atoms with van der Waals surface area (Å²) in [7, 11) is 3.59. The van der Waals surface area contributed by atoms with Gasteiger partial charge in [-0.3, -0.25) is 14.6 Å². The number of carbonyl (C=O) groups excluding carboxylic acids is 2. The molecule has 1 N–H and O–H groups in total. The summed E-state index contributed by atoms with van der Waals surface area (Å²) in [6.45, 7) is 0. The van der Waals surface area contributed by atoms with Gasteiger partial charge < -0.3 is 14.8 Å². The van der Waals surface area contributed by atoms with Gasteiger partial charge in [-0.25, -0.2) is 4.98 Å². The molecule has 120 valence electrons. The Morgan fingerprint density at radius 1 is 1.35 bits per heavy atom. The van der Waals surface area contributed by atoms with Crippen LogP contribution in [0.3, 0.4) is 0 Å². The number of rotatable bonds is 3. The number of aromatic nitrogens is 3. The summed E-state index contributed by atoms with van der Waals surface area (Å²) in [5.74, 6) is 0.277. The molecule has 0 saturated carbocycles. The minimum absolute atomic E-state index is 0.0310. The lowest BCUT2D eigenvalue weighted by molar-refractivity contribution is -0.140. The number of nitrogens with zero attached hydrogens (tertiary/aromatic N) is 4. The Morgan fingerprint density at radius 3 is 2.83 bits per heavy atom. The van der Waals surface area contributed by atoms with E-state index in [0.29, 0.717) is 24.4 Å². The molecule has 23 heavy (non-hydrogen) atoms. The van der Waals surface area contributed by atoms with Gasteiger partial charge in [-0.1, -0.05) is 0 Å². The van der Waals surface area contributed by atoms with Crippen LogP contribution in [0.15, 0.2) is 36.9 Å². The molecule has 7 heteroatoms. The number of likely N-dealkylation sites (tertiary alicyclic amines) is 1. The van der Waals surface area contributed by atoms with Gasteiger partial charge in [-0.05, 0) is 18.6 Å². The normalized spacial score (nSPS) is 21.3. The van der Waals surface area contributed by atoms with Crippen molar-refractivity contribution in [1.29, 1.82) is 0 Å². The zero-order valence-electron chi connectivity index (χ0n) is 13.1. The van der Waals surface area contributed by atoms with Gasteiger partial charge in [0.15, 0.2) is 0 Å². The van der Waals surface area contributed by atoms with Gasteiger partial charge in [0.2, 0.25) is 11.8 Å². The van der Waals surface area contributed by atoms with Gasteiger partial charge in [0.05, 0.1) is 17.8 Å². The molecule has 0 bridgehead atoms. The molecule has 0 aromatic carbocycles. The van der Waals surface area contributed by atoms with Crippen molar-refractivity contribution in [3.63, 3.8) is 0 Å². The van der Waals surface area contributed by atoms with Crippen molar-refractivity contribution in [2.75, 3.05) is 12.4 Å². The molecule has 7 nitrogen and oxygen atoms in total. The first-order valence-electron chi connectivity index (χ1n) is 7.51. The summed E-state index contributed by atoms with van der Waals surface area (Å²) in [6, 6.07) is 3.19. The fraction of sp³-hybridized carbons (Fsp3) is 0.375. The molecule has 2 aromatic rings. The lowest BCUT2D eigenvalue weighted by Gasteiger charge is -2.37. The summed E-state index contributed by atoms with van der Waals surface area (Å²) < 4.78 is 1.85. The van der Waals surface area contributed by atoms with Crippen molar-refractivity contribution in [3.05, 3.63) is 42.7 Å². The first kappa shape index (κ1) is 15.2. The third-order valence-electron chi connectivity index (χ3n) is 4.25. The van der Waals surface area contributed by atoms with E-state index in [1.54, 1.807) is 42.7 Å². The number of hydrogen-bond acceptors (Lipinski definition) is 4. The zero-order chi connectivity index (χ0) is 16.4. The monoisotopic (exact) mass is 313 g/mol. The Hall–Kier alpha value is -2.70. The van der Waals surface area contributed by atoms with E-state index in [-0.39, 0.29) is 23.8 Å². The summed E-state index contributed by atoms with van der Waals surface area (Å²) in [4.78, 5) is 34.8. The molecule has 1 aliphatic rings. The van der Waals surface area contributed by atoms with Crippen molar-refractivity contribution in [2.45, 2.75) is 18.9 Å². The summed E-state index contributed by atoms with van der Waals surface area (Å²) in [6.07, 6.45) is 7.62. The number of anilines is 1. The highest BCUT2D eigenvalue weighted by molar-refractivity contribution is 5.94. The Kier molecular flexibility index (Phi) is 4.10. The van der Waals surface area contributed by atoms with E-state index in [9.17, 15) is 9.59 Å². The van der Waals surface area contributed by atoms with Crippen LogP contribution in [0.1, 0.15) is 24.7 Å². The van der Waals surface area contributed by atoms with Gasteiger partial charge >= 0.3 is 0 Å². The van der Waals surface area contributed by atoms with Crippen LogP contribution >= 0.6 is 0 Å². The van der Waals surface area contributed by atoms with Crippen LogP contribution in [0.2, 0.25) is 0 Å². The van der Waals surface area contributed by atoms with Crippen LogP contribution in [0.5, 0.6) is 0 Å². The second-order valence-corrected chi connectivity index (χ2v) is 5.72. The molecule has 2 amide bonds. The maximum absolute atomic E-state index is 12.7. The van der Waals surface area contributed by atoms with E-state index in [1.165, 1.54) is 0 Å². The summed E-state index contributed by atoms with van der Waals surface area (Å²) in [5.41, 5.74) is 0.649. The molecule has 3 heterocycles. The van der Waals surface area contributed by atoms with Crippen molar-refractivity contribution in [1.82, 2.24) is 19.4 Å². The predicted octanol–water partition coefficient (Wildman–Crippen LogP) is 1.36. The molecule has 0 aliphatic carbocycles. The minimum atomic E-state index is -0.368. The minimum Gasteiger partial charge on any atom is -0.336 e. The van der Waals surface area contributed by atoms with Gasteiger partial charge in [0, 0.05) is 39.1 Å². The molecule has 2 atom stereocenters. The average molecular weight is 313 g/mol. The second-order valence-electron chi connectivity index (χ2n) is 5.72. The van der Waals surface area contributed by atoms with Gasteiger partial charge in [-0.2, -0.15) is 0 Å². The molecular formula is C16H19N5O2. The number of carbonyl (C=O) groups is 2. The summed E-state index contributed by atoms with van der Waals surface area (Å²) >= 11 is 0. The lowest BCUT2D eigenvalue weighted by atomic mass is 9.87. The summed E-state index contributed by atoms with van der Waals surface area (Å²) in [5, 5.41) is 2.88. The number of pyridine rings is 1. The maximum Gasteiger partial charge on any atom is 0.230 e. The van der Waals surface area contributed by atoms with Crippen LogP contribution in [0, 0.1) is 5.92 Å². The van der Waals surface area contributed by atoms with Gasteiger partial charge in [0.25, 0.3) is 0 Å². The van der Waals surface area contributed by atoms with Crippen molar-refractivity contribution in [2.24, 2.45) is 13.0 Å². The molecule has 1 aliphatic heterocycles. The van der Waals surface area contributed by atoms with Crippen LogP contribution in [-0.2, 0) is 16.6 Å². The Balaban J connectivity index is 1.87. The highest BCUT2D eigenvalue weighted by atomic mass is 16.2.